The summed E-state index contributed by atoms with van der Waals surface area (Å²) in [5, 5.41) is 0.739. The van der Waals surface area contributed by atoms with Gasteiger partial charge in [0.15, 0.2) is 10.9 Å². The molecule has 1 aliphatic heterocycles. The Morgan fingerprint density at radius 1 is 1.27 bits per heavy atom. The van der Waals surface area contributed by atoms with Crippen molar-refractivity contribution >= 4 is 34.5 Å². The van der Waals surface area contributed by atoms with Gasteiger partial charge in [0.1, 0.15) is 5.75 Å². The largest absolute Gasteiger partial charge is 0.496 e. The minimum Gasteiger partial charge on any atom is -0.496 e. The molecule has 1 aliphatic rings. The summed E-state index contributed by atoms with van der Waals surface area (Å²) in [7, 11) is 1.57. The summed E-state index contributed by atoms with van der Waals surface area (Å²) in [5.41, 5.74) is 3.63. The number of nitrogens with one attached hydrogen (secondary N) is 1. The highest BCUT2D eigenvalue weighted by Crippen LogP contribution is 2.27. The Balaban J connectivity index is 1.38. The average molecular weight is 424 g/mol. The van der Waals surface area contributed by atoms with E-state index in [1.165, 1.54) is 11.8 Å². The number of carbonyl (C=O) groups is 2. The first kappa shape index (κ1) is 20.5. The highest BCUT2D eigenvalue weighted by atomic mass is 32.2. The Kier molecular flexibility index (Phi) is 6.08. The Labute approximate surface area is 180 Å². The number of hydrogen-bond acceptors (Lipinski definition) is 5. The predicted molar refractivity (Wildman–Crippen MR) is 118 cm³/mol. The van der Waals surface area contributed by atoms with Crippen LogP contribution in [-0.4, -0.2) is 52.5 Å². The number of imidazole rings is 1. The van der Waals surface area contributed by atoms with Gasteiger partial charge in [-0.1, -0.05) is 30.0 Å². The molecule has 1 amide bonds. The number of H-pyrrole nitrogens is 1. The first-order valence-electron chi connectivity index (χ1n) is 10.1. The Morgan fingerprint density at radius 3 is 2.93 bits per heavy atom. The molecular formula is C23H25N3O3S. The fraction of sp³-hybridized carbons (Fsp3) is 0.348. The van der Waals surface area contributed by atoms with Gasteiger partial charge in [-0.3, -0.25) is 9.59 Å². The lowest BCUT2D eigenvalue weighted by Gasteiger charge is -2.32. The summed E-state index contributed by atoms with van der Waals surface area (Å²) in [4.78, 5) is 35.4. The van der Waals surface area contributed by atoms with E-state index >= 15 is 0 Å². The van der Waals surface area contributed by atoms with Crippen LogP contribution in [0.3, 0.4) is 0 Å². The van der Waals surface area contributed by atoms with Crippen molar-refractivity contribution in [1.29, 1.82) is 0 Å². The number of thioether (sulfide) groups is 1. The number of nitrogens with zero attached hydrogens (tertiary/aromatic N) is 2. The molecule has 0 aliphatic carbocycles. The molecule has 4 rings (SSSR count). The number of carbonyl (C=O) groups excluding carboxylic acids is 2. The van der Waals surface area contributed by atoms with Gasteiger partial charge in [0.05, 0.1) is 29.5 Å². The van der Waals surface area contributed by atoms with Crippen molar-refractivity contribution in [1.82, 2.24) is 14.9 Å². The number of ketones is 1. The van der Waals surface area contributed by atoms with Gasteiger partial charge in [0.2, 0.25) is 5.91 Å². The first-order valence-corrected chi connectivity index (χ1v) is 11.1. The average Bonchev–Trinajstić information content (AvgIpc) is 3.19. The molecule has 1 saturated heterocycles. The zero-order valence-corrected chi connectivity index (χ0v) is 18.0. The molecule has 1 fully saturated rings. The number of Topliss-reactive ketones (excluding diaryl/α,β-unsaturated/α-hetero) is 1. The summed E-state index contributed by atoms with van der Waals surface area (Å²) in [6.07, 6.45) is 1.61. The number of aromatic amines is 1. The van der Waals surface area contributed by atoms with Crippen molar-refractivity contribution in [2.75, 3.05) is 26.0 Å². The maximum absolute atomic E-state index is 13.0. The van der Waals surface area contributed by atoms with Crippen molar-refractivity contribution in [2.24, 2.45) is 5.92 Å². The van der Waals surface area contributed by atoms with Crippen LogP contribution in [-0.2, 0) is 4.79 Å². The van der Waals surface area contributed by atoms with Crippen LogP contribution < -0.4 is 4.74 Å². The highest BCUT2D eigenvalue weighted by molar-refractivity contribution is 7.99. The number of aryl methyl sites for hydroxylation is 1. The molecular weight excluding hydrogens is 398 g/mol. The van der Waals surface area contributed by atoms with E-state index in [-0.39, 0.29) is 17.6 Å². The maximum atomic E-state index is 13.0. The number of piperidine rings is 1. The fourth-order valence-electron chi connectivity index (χ4n) is 3.88. The van der Waals surface area contributed by atoms with E-state index in [0.717, 1.165) is 34.6 Å². The molecule has 1 N–H and O–H groups in total. The third-order valence-electron chi connectivity index (χ3n) is 5.47. The normalized spacial score (nSPS) is 16.6. The molecule has 7 heteroatoms. The number of likely N-dealkylation sites (tertiary alicyclic amines) is 1. The van der Waals surface area contributed by atoms with Gasteiger partial charge in [-0.2, -0.15) is 0 Å². The number of para-hydroxylation sites is 1. The van der Waals surface area contributed by atoms with Crippen molar-refractivity contribution < 1.29 is 14.3 Å². The molecule has 6 nitrogen and oxygen atoms in total. The zero-order valence-electron chi connectivity index (χ0n) is 17.2. The molecule has 0 spiro atoms. The standard InChI is InChI=1S/C23H25N3O3S/c1-15-9-10-18-19(12-15)25-23(24-18)30-14-21(27)26-11-5-6-16(13-26)22(28)17-7-3-4-8-20(17)29-2/h3-4,7-10,12,16H,5-6,11,13-14H2,1-2H3,(H,24,25)/t16-/m1/s1. The third kappa shape index (κ3) is 4.36. The summed E-state index contributed by atoms with van der Waals surface area (Å²) < 4.78 is 5.34. The molecule has 0 bridgehead atoms. The molecule has 0 saturated carbocycles. The predicted octanol–water partition coefficient (Wildman–Crippen LogP) is 4.09. The van der Waals surface area contributed by atoms with Crippen molar-refractivity contribution in [3.8, 4) is 5.75 Å². The van der Waals surface area contributed by atoms with Crippen LogP contribution in [0.15, 0.2) is 47.6 Å². The van der Waals surface area contributed by atoms with E-state index in [4.69, 9.17) is 4.74 Å². The number of hydrogen-bond donors (Lipinski definition) is 1. The summed E-state index contributed by atoms with van der Waals surface area (Å²) in [6, 6.07) is 13.3. The monoisotopic (exact) mass is 423 g/mol. The SMILES string of the molecule is COc1ccccc1C(=O)[C@@H]1CCCN(C(=O)CSc2nc3ccc(C)cc3[nH]2)C1. The van der Waals surface area contributed by atoms with Crippen LogP contribution in [0, 0.1) is 12.8 Å². The van der Waals surface area contributed by atoms with Gasteiger partial charge < -0.3 is 14.6 Å². The molecule has 30 heavy (non-hydrogen) atoms. The molecule has 1 atom stereocenters. The smallest absolute Gasteiger partial charge is 0.233 e. The highest BCUT2D eigenvalue weighted by Gasteiger charge is 2.30. The van der Waals surface area contributed by atoms with Crippen molar-refractivity contribution in [3.63, 3.8) is 0 Å². The van der Waals surface area contributed by atoms with Gasteiger partial charge in [0, 0.05) is 19.0 Å². The number of benzene rings is 2. The molecule has 3 aromatic rings. The molecule has 0 radical (unpaired) electrons. The topological polar surface area (TPSA) is 75.3 Å². The van der Waals surface area contributed by atoms with Gasteiger partial charge in [-0.15, -0.1) is 0 Å². The molecule has 0 unspecified atom stereocenters. The molecule has 156 valence electrons. The lowest BCUT2D eigenvalue weighted by Crippen LogP contribution is -2.43. The van der Waals surface area contributed by atoms with E-state index in [0.29, 0.717) is 30.2 Å². The summed E-state index contributed by atoms with van der Waals surface area (Å²) >= 11 is 1.40. The third-order valence-corrected chi connectivity index (χ3v) is 6.32. The van der Waals surface area contributed by atoms with Gasteiger partial charge >= 0.3 is 0 Å². The van der Waals surface area contributed by atoms with E-state index in [1.54, 1.807) is 24.1 Å². The van der Waals surface area contributed by atoms with Crippen LogP contribution in [0.2, 0.25) is 0 Å². The maximum Gasteiger partial charge on any atom is 0.233 e. The Hall–Kier alpha value is -2.80. The quantitative estimate of drug-likeness (QED) is 0.477. The second-order valence-corrected chi connectivity index (χ2v) is 8.56. The second-order valence-electron chi connectivity index (χ2n) is 7.59. The minimum absolute atomic E-state index is 0.0363. The summed E-state index contributed by atoms with van der Waals surface area (Å²) in [6.45, 7) is 3.18. The van der Waals surface area contributed by atoms with Crippen LogP contribution in [0.4, 0.5) is 0 Å². The first-order chi connectivity index (χ1) is 14.5. The van der Waals surface area contributed by atoms with Crippen molar-refractivity contribution in [3.05, 3.63) is 53.6 Å². The molecule has 2 aromatic carbocycles. The van der Waals surface area contributed by atoms with Gasteiger partial charge in [-0.05, 0) is 49.6 Å². The van der Waals surface area contributed by atoms with E-state index < -0.39 is 0 Å². The van der Waals surface area contributed by atoms with E-state index in [2.05, 4.69) is 9.97 Å². The number of aromatic nitrogens is 2. The number of methoxy groups -OCH3 is 1. The van der Waals surface area contributed by atoms with E-state index in [1.807, 2.05) is 37.3 Å². The Bertz CT molecular complexity index is 1080. The van der Waals surface area contributed by atoms with Gasteiger partial charge in [-0.25, -0.2) is 4.98 Å². The van der Waals surface area contributed by atoms with E-state index in [9.17, 15) is 9.59 Å². The lowest BCUT2D eigenvalue weighted by atomic mass is 9.89. The number of ether oxygens (including phenoxy) is 1. The van der Waals surface area contributed by atoms with Crippen molar-refractivity contribution in [2.45, 2.75) is 24.9 Å². The number of rotatable bonds is 6. The van der Waals surface area contributed by atoms with Crippen LogP contribution in [0.25, 0.3) is 11.0 Å². The number of amides is 1. The zero-order chi connectivity index (χ0) is 21.1. The van der Waals surface area contributed by atoms with Crippen LogP contribution in [0.1, 0.15) is 28.8 Å². The molecule has 1 aromatic heterocycles. The summed E-state index contributed by atoms with van der Waals surface area (Å²) in [5.74, 6) is 0.771. The minimum atomic E-state index is -0.196. The number of fused-ring (bicyclic) bond motifs is 1. The van der Waals surface area contributed by atoms with Crippen LogP contribution in [0.5, 0.6) is 5.75 Å². The fourth-order valence-corrected chi connectivity index (χ4v) is 4.66. The van der Waals surface area contributed by atoms with Crippen LogP contribution >= 0.6 is 11.8 Å². The van der Waals surface area contributed by atoms with Gasteiger partial charge in [0.25, 0.3) is 0 Å². The second kappa shape index (κ2) is 8.92. The lowest BCUT2D eigenvalue weighted by molar-refractivity contribution is -0.129. The molecule has 2 heterocycles. The Morgan fingerprint density at radius 2 is 2.10 bits per heavy atom.